The molecule has 94 valence electrons. The first-order valence-electron chi connectivity index (χ1n) is 6.38. The number of rotatable bonds is 1. The molecule has 0 radical (unpaired) electrons. The van der Waals surface area contributed by atoms with Crippen LogP contribution in [0, 0.1) is 20.8 Å². The van der Waals surface area contributed by atoms with E-state index in [0.29, 0.717) is 0 Å². The molecule has 1 aromatic carbocycles. The highest BCUT2D eigenvalue weighted by atomic mass is 31.0. The third kappa shape index (κ3) is 2.10. The van der Waals surface area contributed by atoms with Gasteiger partial charge in [-0.25, -0.2) is 0 Å². The van der Waals surface area contributed by atoms with Gasteiger partial charge in [-0.15, -0.1) is 9.24 Å². The Hall–Kier alpha value is -0.550. The summed E-state index contributed by atoms with van der Waals surface area (Å²) < 4.78 is 6.22. The van der Waals surface area contributed by atoms with Gasteiger partial charge in [0.25, 0.3) is 0 Å². The van der Waals surface area contributed by atoms with E-state index in [1.54, 1.807) is 0 Å². The van der Waals surface area contributed by atoms with E-state index in [0.717, 1.165) is 24.8 Å². The molecule has 1 aliphatic rings. The smallest absolute Gasteiger partial charge is 0.126 e. The number of fused-ring (bicyclic) bond motifs is 1. The lowest BCUT2D eigenvalue weighted by Crippen LogP contribution is -2.33. The molecule has 0 saturated heterocycles. The molecule has 0 aliphatic carbocycles. The molecule has 1 aliphatic heterocycles. The van der Waals surface area contributed by atoms with Crippen LogP contribution in [0.3, 0.4) is 0 Å². The minimum absolute atomic E-state index is 0.0163. The van der Waals surface area contributed by atoms with Crippen LogP contribution in [-0.2, 0) is 12.6 Å². The molecule has 0 fully saturated rings. The first-order chi connectivity index (χ1) is 7.87. The van der Waals surface area contributed by atoms with Gasteiger partial charge in [0.2, 0.25) is 0 Å². The summed E-state index contributed by atoms with van der Waals surface area (Å²) in [4.78, 5) is 0. The Bertz CT molecular complexity index is 461. The Morgan fingerprint density at radius 1 is 1.12 bits per heavy atom. The van der Waals surface area contributed by atoms with E-state index < -0.39 is 0 Å². The van der Waals surface area contributed by atoms with E-state index in [9.17, 15) is 0 Å². The summed E-state index contributed by atoms with van der Waals surface area (Å²) in [6.45, 7) is 11.0. The van der Waals surface area contributed by atoms with Crippen LogP contribution in [0.15, 0.2) is 0 Å². The topological polar surface area (TPSA) is 9.23 Å². The number of hydrogen-bond donors (Lipinski definition) is 0. The van der Waals surface area contributed by atoms with Gasteiger partial charge in [0, 0.05) is 0 Å². The summed E-state index contributed by atoms with van der Waals surface area (Å²) in [6, 6.07) is 0. The largest absolute Gasteiger partial charge is 0.487 e. The molecule has 1 heterocycles. The zero-order chi connectivity index (χ0) is 12.8. The van der Waals surface area contributed by atoms with Gasteiger partial charge in [-0.2, -0.15) is 0 Å². The predicted molar refractivity (Wildman–Crippen MR) is 77.1 cm³/mol. The minimum atomic E-state index is -0.0163. The van der Waals surface area contributed by atoms with Crippen LogP contribution in [0.25, 0.3) is 0 Å². The highest BCUT2D eigenvalue weighted by Gasteiger charge is 2.30. The number of benzene rings is 1. The van der Waals surface area contributed by atoms with Crippen LogP contribution in [0.5, 0.6) is 5.75 Å². The molecular weight excluding hydrogens is 227 g/mol. The van der Waals surface area contributed by atoms with Crippen molar-refractivity contribution in [3.63, 3.8) is 0 Å². The molecule has 0 N–H and O–H groups in total. The first kappa shape index (κ1) is 12.9. The highest BCUT2D eigenvalue weighted by molar-refractivity contribution is 7.15. The quantitative estimate of drug-likeness (QED) is 0.682. The fraction of sp³-hybridized carbons (Fsp3) is 0.600. The lowest BCUT2D eigenvalue weighted by atomic mass is 9.86. The van der Waals surface area contributed by atoms with Crippen molar-refractivity contribution in [3.05, 3.63) is 27.8 Å². The van der Waals surface area contributed by atoms with E-state index in [1.807, 2.05) is 0 Å². The highest BCUT2D eigenvalue weighted by Crippen LogP contribution is 2.41. The van der Waals surface area contributed by atoms with Gasteiger partial charge in [-0.3, -0.25) is 0 Å². The van der Waals surface area contributed by atoms with Crippen molar-refractivity contribution in [2.45, 2.75) is 59.2 Å². The van der Waals surface area contributed by atoms with Crippen molar-refractivity contribution in [1.29, 1.82) is 0 Å². The summed E-state index contributed by atoms with van der Waals surface area (Å²) in [7, 11) is 2.86. The molecule has 2 heteroatoms. The van der Waals surface area contributed by atoms with E-state index in [4.69, 9.17) is 4.74 Å². The predicted octanol–water partition coefficient (Wildman–Crippen LogP) is 4.09. The van der Waals surface area contributed by atoms with Gasteiger partial charge in [-0.05, 0) is 81.4 Å². The lowest BCUT2D eigenvalue weighted by molar-refractivity contribution is 0.0833. The van der Waals surface area contributed by atoms with Crippen molar-refractivity contribution in [2.24, 2.45) is 0 Å². The molecule has 0 spiro atoms. The Morgan fingerprint density at radius 2 is 1.76 bits per heavy atom. The van der Waals surface area contributed by atoms with E-state index in [1.165, 1.54) is 27.8 Å². The monoisotopic (exact) mass is 250 g/mol. The average molecular weight is 250 g/mol. The maximum atomic E-state index is 6.22. The molecule has 0 amide bonds. The van der Waals surface area contributed by atoms with Crippen LogP contribution in [-0.4, -0.2) is 5.60 Å². The molecule has 17 heavy (non-hydrogen) atoms. The van der Waals surface area contributed by atoms with Gasteiger partial charge in [0.15, 0.2) is 0 Å². The fourth-order valence-corrected chi connectivity index (χ4v) is 3.25. The molecule has 0 saturated carbocycles. The van der Waals surface area contributed by atoms with Gasteiger partial charge in [0.1, 0.15) is 11.4 Å². The average Bonchev–Trinajstić information content (AvgIpc) is 2.27. The Balaban J connectivity index is 2.66. The molecule has 1 atom stereocenters. The van der Waals surface area contributed by atoms with Gasteiger partial charge < -0.3 is 4.74 Å². The second kappa shape index (κ2) is 4.28. The standard InChI is InChI=1S/C15H23OP/c1-9-10(2)13(8-17)12-6-7-15(4,5)16-14(12)11(9)3/h6-8,17H2,1-5H3. The Labute approximate surface area is 107 Å². The molecule has 0 aromatic heterocycles. The fourth-order valence-electron chi connectivity index (χ4n) is 2.70. The number of ether oxygens (including phenoxy) is 1. The zero-order valence-electron chi connectivity index (χ0n) is 11.6. The van der Waals surface area contributed by atoms with Crippen molar-refractivity contribution in [3.8, 4) is 5.75 Å². The van der Waals surface area contributed by atoms with E-state index in [-0.39, 0.29) is 5.60 Å². The third-order valence-electron chi connectivity index (χ3n) is 4.12. The zero-order valence-corrected chi connectivity index (χ0v) is 12.8. The van der Waals surface area contributed by atoms with E-state index in [2.05, 4.69) is 43.9 Å². The van der Waals surface area contributed by atoms with Gasteiger partial charge in [0.05, 0.1) is 0 Å². The summed E-state index contributed by atoms with van der Waals surface area (Å²) in [5.41, 5.74) is 7.06. The molecule has 1 aromatic rings. The van der Waals surface area contributed by atoms with Crippen LogP contribution in [0.1, 0.15) is 48.1 Å². The summed E-state index contributed by atoms with van der Waals surface area (Å²) in [5, 5.41) is 0. The summed E-state index contributed by atoms with van der Waals surface area (Å²) in [5.74, 6) is 1.15. The molecular formula is C15H23OP. The molecule has 1 unspecified atom stereocenters. The molecule has 2 rings (SSSR count). The minimum Gasteiger partial charge on any atom is -0.487 e. The van der Waals surface area contributed by atoms with E-state index >= 15 is 0 Å². The van der Waals surface area contributed by atoms with Crippen molar-refractivity contribution in [2.75, 3.05) is 0 Å². The summed E-state index contributed by atoms with van der Waals surface area (Å²) in [6.07, 6.45) is 3.28. The van der Waals surface area contributed by atoms with Gasteiger partial charge >= 0.3 is 0 Å². The second-order valence-electron chi connectivity index (χ2n) is 5.73. The second-order valence-corrected chi connectivity index (χ2v) is 6.14. The molecule has 1 nitrogen and oxygen atoms in total. The normalized spacial score (nSPS) is 17.5. The number of hydrogen-bond acceptors (Lipinski definition) is 1. The molecule has 0 bridgehead atoms. The van der Waals surface area contributed by atoms with Crippen molar-refractivity contribution < 1.29 is 4.74 Å². The Kier molecular flexibility index (Phi) is 3.25. The van der Waals surface area contributed by atoms with Crippen LogP contribution in [0.4, 0.5) is 0 Å². The van der Waals surface area contributed by atoms with Crippen LogP contribution < -0.4 is 4.74 Å². The lowest BCUT2D eigenvalue weighted by Gasteiger charge is -2.36. The maximum Gasteiger partial charge on any atom is 0.126 e. The summed E-state index contributed by atoms with van der Waals surface area (Å²) >= 11 is 0. The van der Waals surface area contributed by atoms with Crippen LogP contribution >= 0.6 is 9.24 Å². The van der Waals surface area contributed by atoms with Crippen molar-refractivity contribution >= 4 is 9.24 Å². The van der Waals surface area contributed by atoms with Gasteiger partial charge in [-0.1, -0.05) is 0 Å². The maximum absolute atomic E-state index is 6.22. The third-order valence-corrected chi connectivity index (χ3v) is 4.52. The van der Waals surface area contributed by atoms with Crippen LogP contribution in [0.2, 0.25) is 0 Å². The SMILES string of the molecule is Cc1c(C)c(CP)c2c(c1C)OC(C)(C)CC2. The Morgan fingerprint density at radius 3 is 2.35 bits per heavy atom. The van der Waals surface area contributed by atoms with Crippen molar-refractivity contribution in [1.82, 2.24) is 0 Å². The first-order valence-corrected chi connectivity index (χ1v) is 7.19.